The maximum Gasteiger partial charge on any atom is 0.279 e. The Kier molecular flexibility index (Phi) is 3.99. The molecule has 1 unspecified atom stereocenters. The topological polar surface area (TPSA) is 75.4 Å². The highest BCUT2D eigenvalue weighted by Crippen LogP contribution is 2.39. The van der Waals surface area contributed by atoms with E-state index in [2.05, 4.69) is 4.72 Å². The molecule has 0 aliphatic heterocycles. The maximum atomic E-state index is 12.0. The summed E-state index contributed by atoms with van der Waals surface area (Å²) in [6, 6.07) is -0.0567. The van der Waals surface area contributed by atoms with Crippen LogP contribution in [0.15, 0.2) is 0 Å². The predicted molar refractivity (Wildman–Crippen MR) is 65.1 cm³/mol. The first-order valence-corrected chi connectivity index (χ1v) is 7.14. The van der Waals surface area contributed by atoms with Gasteiger partial charge in [-0.3, -0.25) is 0 Å². The van der Waals surface area contributed by atoms with Crippen LogP contribution in [0, 0.1) is 5.92 Å². The van der Waals surface area contributed by atoms with Crippen molar-refractivity contribution in [2.24, 2.45) is 11.7 Å². The molecule has 1 fully saturated rings. The van der Waals surface area contributed by atoms with Crippen LogP contribution in [-0.4, -0.2) is 37.9 Å². The summed E-state index contributed by atoms with van der Waals surface area (Å²) in [6.45, 7) is 5.91. The van der Waals surface area contributed by atoms with Gasteiger partial charge >= 0.3 is 0 Å². The van der Waals surface area contributed by atoms with Crippen molar-refractivity contribution in [2.45, 2.75) is 45.2 Å². The fourth-order valence-electron chi connectivity index (χ4n) is 1.66. The fraction of sp³-hybridized carbons (Fsp3) is 1.00. The number of nitrogens with two attached hydrogens (primary N) is 1. The molecule has 16 heavy (non-hydrogen) atoms. The van der Waals surface area contributed by atoms with Gasteiger partial charge in [-0.05, 0) is 39.5 Å². The number of hydrogen-bond acceptors (Lipinski definition) is 3. The van der Waals surface area contributed by atoms with Crippen molar-refractivity contribution in [3.63, 3.8) is 0 Å². The Morgan fingerprint density at radius 2 is 2.00 bits per heavy atom. The first-order chi connectivity index (χ1) is 7.23. The highest BCUT2D eigenvalue weighted by atomic mass is 32.2. The molecule has 1 aliphatic carbocycles. The van der Waals surface area contributed by atoms with Gasteiger partial charge in [0.05, 0.1) is 0 Å². The molecule has 0 amide bonds. The minimum atomic E-state index is -3.43. The van der Waals surface area contributed by atoms with Gasteiger partial charge in [0.2, 0.25) is 0 Å². The van der Waals surface area contributed by atoms with Gasteiger partial charge in [-0.2, -0.15) is 17.4 Å². The van der Waals surface area contributed by atoms with E-state index in [1.807, 2.05) is 20.8 Å². The van der Waals surface area contributed by atoms with Crippen LogP contribution in [0.25, 0.3) is 0 Å². The molecule has 1 saturated carbocycles. The second-order valence-electron chi connectivity index (χ2n) is 5.11. The third kappa shape index (κ3) is 2.94. The Hall–Kier alpha value is -0.170. The molecule has 0 aromatic carbocycles. The number of nitrogens with one attached hydrogen (secondary N) is 1. The Morgan fingerprint density at radius 3 is 2.31 bits per heavy atom. The van der Waals surface area contributed by atoms with E-state index in [1.54, 1.807) is 7.05 Å². The van der Waals surface area contributed by atoms with E-state index in [-0.39, 0.29) is 6.04 Å². The third-order valence-corrected chi connectivity index (χ3v) is 5.28. The SMILES string of the molecule is CC(C)N(C)S(=O)(=O)NC(C)(CN)C1CC1. The van der Waals surface area contributed by atoms with E-state index in [4.69, 9.17) is 5.73 Å². The van der Waals surface area contributed by atoms with Crippen LogP contribution >= 0.6 is 0 Å². The molecule has 0 radical (unpaired) electrons. The normalized spacial score (nSPS) is 21.4. The molecule has 0 bridgehead atoms. The molecule has 1 atom stereocenters. The van der Waals surface area contributed by atoms with E-state index < -0.39 is 15.7 Å². The lowest BCUT2D eigenvalue weighted by Crippen LogP contribution is -2.57. The maximum absolute atomic E-state index is 12.0. The number of nitrogens with zero attached hydrogens (tertiary/aromatic N) is 1. The largest absolute Gasteiger partial charge is 0.329 e. The summed E-state index contributed by atoms with van der Waals surface area (Å²) < 4.78 is 28.1. The minimum Gasteiger partial charge on any atom is -0.329 e. The number of rotatable bonds is 6. The summed E-state index contributed by atoms with van der Waals surface area (Å²) in [5.74, 6) is 0.382. The van der Waals surface area contributed by atoms with Crippen molar-refractivity contribution >= 4 is 10.2 Å². The third-order valence-electron chi connectivity index (χ3n) is 3.37. The molecule has 3 N–H and O–H groups in total. The molecule has 0 saturated heterocycles. The van der Waals surface area contributed by atoms with Crippen molar-refractivity contribution in [1.29, 1.82) is 0 Å². The quantitative estimate of drug-likeness (QED) is 0.710. The Morgan fingerprint density at radius 1 is 1.50 bits per heavy atom. The standard InChI is InChI=1S/C10H23N3O2S/c1-8(2)13(4)16(14,15)12-10(3,7-11)9-5-6-9/h8-9,12H,5-7,11H2,1-4H3. The molecular weight excluding hydrogens is 226 g/mol. The molecule has 0 aromatic heterocycles. The second kappa shape index (κ2) is 4.60. The predicted octanol–water partition coefficient (Wildman–Crippen LogP) is 0.288. The average molecular weight is 249 g/mol. The summed E-state index contributed by atoms with van der Waals surface area (Å²) in [7, 11) is -1.85. The van der Waals surface area contributed by atoms with E-state index in [1.165, 1.54) is 4.31 Å². The molecule has 0 aromatic rings. The Balaban J connectivity index is 2.78. The summed E-state index contributed by atoms with van der Waals surface area (Å²) >= 11 is 0. The van der Waals surface area contributed by atoms with Crippen LogP contribution in [0.4, 0.5) is 0 Å². The molecule has 0 spiro atoms. The van der Waals surface area contributed by atoms with Crippen LogP contribution in [-0.2, 0) is 10.2 Å². The van der Waals surface area contributed by atoms with E-state index in [9.17, 15) is 8.42 Å². The molecule has 1 aliphatic rings. The Bertz CT molecular complexity index is 338. The molecular formula is C10H23N3O2S. The van der Waals surface area contributed by atoms with Gasteiger partial charge in [0, 0.05) is 25.2 Å². The zero-order chi connectivity index (χ0) is 12.6. The lowest BCUT2D eigenvalue weighted by molar-refractivity contribution is 0.341. The van der Waals surface area contributed by atoms with E-state index in [0.29, 0.717) is 12.5 Å². The fourth-order valence-corrected chi connectivity index (χ4v) is 3.19. The van der Waals surface area contributed by atoms with Crippen LogP contribution in [0.5, 0.6) is 0 Å². The first-order valence-electron chi connectivity index (χ1n) is 5.70. The molecule has 96 valence electrons. The van der Waals surface area contributed by atoms with Crippen molar-refractivity contribution in [2.75, 3.05) is 13.6 Å². The van der Waals surface area contributed by atoms with Gasteiger partial charge < -0.3 is 5.73 Å². The van der Waals surface area contributed by atoms with Gasteiger partial charge in [0.15, 0.2) is 0 Å². The zero-order valence-corrected chi connectivity index (χ0v) is 11.3. The van der Waals surface area contributed by atoms with E-state index >= 15 is 0 Å². The summed E-state index contributed by atoms with van der Waals surface area (Å²) in [6.07, 6.45) is 2.11. The molecule has 6 heteroatoms. The summed E-state index contributed by atoms with van der Waals surface area (Å²) in [5.41, 5.74) is 5.19. The van der Waals surface area contributed by atoms with Crippen LogP contribution in [0.2, 0.25) is 0 Å². The van der Waals surface area contributed by atoms with Crippen molar-refractivity contribution < 1.29 is 8.42 Å². The first kappa shape index (κ1) is 13.9. The zero-order valence-electron chi connectivity index (χ0n) is 10.5. The van der Waals surface area contributed by atoms with Crippen molar-refractivity contribution in [3.05, 3.63) is 0 Å². The Labute approximate surface area is 98.6 Å². The van der Waals surface area contributed by atoms with E-state index in [0.717, 1.165) is 12.8 Å². The van der Waals surface area contributed by atoms with Gasteiger partial charge in [0.25, 0.3) is 10.2 Å². The van der Waals surface area contributed by atoms with Gasteiger partial charge in [0.1, 0.15) is 0 Å². The van der Waals surface area contributed by atoms with Crippen LogP contribution in [0.3, 0.4) is 0 Å². The monoisotopic (exact) mass is 249 g/mol. The molecule has 1 rings (SSSR count). The highest BCUT2D eigenvalue weighted by Gasteiger charge is 2.43. The smallest absolute Gasteiger partial charge is 0.279 e. The summed E-state index contributed by atoms with van der Waals surface area (Å²) in [4.78, 5) is 0. The van der Waals surface area contributed by atoms with Gasteiger partial charge in [-0.15, -0.1) is 0 Å². The van der Waals surface area contributed by atoms with Gasteiger partial charge in [-0.25, -0.2) is 0 Å². The molecule has 5 nitrogen and oxygen atoms in total. The van der Waals surface area contributed by atoms with Crippen LogP contribution < -0.4 is 10.5 Å². The summed E-state index contributed by atoms with van der Waals surface area (Å²) in [5, 5.41) is 0. The second-order valence-corrected chi connectivity index (χ2v) is 6.84. The lowest BCUT2D eigenvalue weighted by atomic mass is 9.98. The molecule has 0 heterocycles. The lowest BCUT2D eigenvalue weighted by Gasteiger charge is -2.32. The average Bonchev–Trinajstić information content (AvgIpc) is 2.98. The highest BCUT2D eigenvalue weighted by molar-refractivity contribution is 7.87. The van der Waals surface area contributed by atoms with Gasteiger partial charge in [-0.1, -0.05) is 0 Å². The van der Waals surface area contributed by atoms with Crippen molar-refractivity contribution in [3.8, 4) is 0 Å². The van der Waals surface area contributed by atoms with Crippen molar-refractivity contribution in [1.82, 2.24) is 9.03 Å². The van der Waals surface area contributed by atoms with Crippen LogP contribution in [0.1, 0.15) is 33.6 Å². The number of hydrogen-bond donors (Lipinski definition) is 2. The minimum absolute atomic E-state index is 0.0567.